The van der Waals surface area contributed by atoms with E-state index >= 15 is 0 Å². The van der Waals surface area contributed by atoms with Crippen LogP contribution in [-0.2, 0) is 21.7 Å². The molecule has 1 aliphatic rings. The van der Waals surface area contributed by atoms with Crippen molar-refractivity contribution in [1.82, 2.24) is 10.2 Å². The first-order valence-electron chi connectivity index (χ1n) is 8.64. The fourth-order valence-electron chi connectivity index (χ4n) is 3.12. The molecule has 2 atom stereocenters. The Morgan fingerprint density at radius 3 is 2.67 bits per heavy atom. The molecule has 3 rings (SSSR count). The molecule has 0 aliphatic carbocycles. The van der Waals surface area contributed by atoms with Crippen LogP contribution in [0.2, 0.25) is 0 Å². The summed E-state index contributed by atoms with van der Waals surface area (Å²) in [5.74, 6) is -0.298. The number of carbonyl (C=O) groups excluding carboxylic acids is 2. The average molecular weight is 376 g/mol. The van der Waals surface area contributed by atoms with Crippen LogP contribution in [0.25, 0.3) is 0 Å². The molecule has 3 amide bonds. The van der Waals surface area contributed by atoms with E-state index in [0.717, 1.165) is 4.90 Å². The summed E-state index contributed by atoms with van der Waals surface area (Å²) in [7, 11) is 0. The van der Waals surface area contributed by atoms with Gasteiger partial charge in [-0.05, 0) is 36.2 Å². The molecular weight excluding hydrogens is 355 g/mol. The van der Waals surface area contributed by atoms with Crippen LogP contribution in [0.15, 0.2) is 47.1 Å². The number of urea groups is 1. The van der Waals surface area contributed by atoms with Gasteiger partial charge in [0, 0.05) is 0 Å². The molecule has 1 aromatic carbocycles. The largest absolute Gasteiger partial charge is 0.467 e. The van der Waals surface area contributed by atoms with E-state index in [9.17, 15) is 19.1 Å². The van der Waals surface area contributed by atoms with Crippen LogP contribution in [0, 0.1) is 5.82 Å². The number of imide groups is 1. The van der Waals surface area contributed by atoms with E-state index in [4.69, 9.17) is 9.15 Å². The molecule has 0 radical (unpaired) electrons. The molecule has 27 heavy (non-hydrogen) atoms. The van der Waals surface area contributed by atoms with Crippen molar-refractivity contribution in [2.45, 2.75) is 31.6 Å². The number of nitrogens with one attached hydrogen (secondary N) is 1. The summed E-state index contributed by atoms with van der Waals surface area (Å²) in [6, 6.07) is 8.30. The fourth-order valence-corrected chi connectivity index (χ4v) is 3.12. The second-order valence-electron chi connectivity index (χ2n) is 6.36. The van der Waals surface area contributed by atoms with Crippen LogP contribution in [0.4, 0.5) is 9.18 Å². The maximum atomic E-state index is 13.2. The first-order chi connectivity index (χ1) is 13.0. The van der Waals surface area contributed by atoms with Gasteiger partial charge in [0.15, 0.2) is 0 Å². The van der Waals surface area contributed by atoms with E-state index in [1.807, 2.05) is 0 Å². The van der Waals surface area contributed by atoms with E-state index in [0.29, 0.717) is 17.7 Å². The predicted octanol–water partition coefficient (Wildman–Crippen LogP) is 2.15. The molecule has 2 N–H and O–H groups in total. The van der Waals surface area contributed by atoms with Crippen molar-refractivity contribution in [3.63, 3.8) is 0 Å². The maximum absolute atomic E-state index is 13.2. The average Bonchev–Trinajstić information content (AvgIpc) is 3.25. The molecule has 7 nitrogen and oxygen atoms in total. The number of furan rings is 1. The Kier molecular flexibility index (Phi) is 5.57. The Hall–Kier alpha value is -2.71. The molecule has 144 valence electrons. The number of hydrogen-bond donors (Lipinski definition) is 2. The van der Waals surface area contributed by atoms with Gasteiger partial charge in [0.25, 0.3) is 5.91 Å². The number of hydrogen-bond acceptors (Lipinski definition) is 5. The number of benzene rings is 1. The second-order valence-corrected chi connectivity index (χ2v) is 6.36. The molecule has 8 heteroatoms. The molecule has 1 fully saturated rings. The minimum Gasteiger partial charge on any atom is -0.467 e. The van der Waals surface area contributed by atoms with Gasteiger partial charge in [-0.15, -0.1) is 0 Å². The van der Waals surface area contributed by atoms with E-state index < -0.39 is 29.4 Å². The first-order valence-corrected chi connectivity index (χ1v) is 8.64. The summed E-state index contributed by atoms with van der Waals surface area (Å²) in [5.41, 5.74) is -0.768. The normalized spacial score (nSPS) is 20.8. The number of nitrogens with zero attached hydrogens (tertiary/aromatic N) is 1. The summed E-state index contributed by atoms with van der Waals surface area (Å²) in [5, 5.41) is 12.8. The van der Waals surface area contributed by atoms with Crippen LogP contribution >= 0.6 is 0 Å². The lowest BCUT2D eigenvalue weighted by atomic mass is 9.87. The Labute approximate surface area is 155 Å². The fraction of sp³-hybridized carbons (Fsp3) is 0.368. The number of carbonyl (C=O) groups is 2. The van der Waals surface area contributed by atoms with E-state index in [2.05, 4.69) is 5.32 Å². The third-order valence-corrected chi connectivity index (χ3v) is 4.57. The van der Waals surface area contributed by atoms with Crippen LogP contribution in [-0.4, -0.2) is 41.2 Å². The Morgan fingerprint density at radius 2 is 2.04 bits per heavy atom. The standard InChI is InChI=1S/C19H21FN2O5/c1-2-19(13-5-7-14(20)8-6-13)17(24)22(18(25)21-19)10-15(23)11-26-12-16-4-3-9-27-16/h3-9,15,23H,2,10-12H2,1H3,(H,21,25). The highest BCUT2D eigenvalue weighted by molar-refractivity contribution is 6.07. The summed E-state index contributed by atoms with van der Waals surface area (Å²) < 4.78 is 23.7. The lowest BCUT2D eigenvalue weighted by molar-refractivity contribution is -0.133. The highest BCUT2D eigenvalue weighted by Gasteiger charge is 2.51. The summed E-state index contributed by atoms with van der Waals surface area (Å²) in [6.45, 7) is 1.67. The van der Waals surface area contributed by atoms with Crippen LogP contribution in [0.3, 0.4) is 0 Å². The van der Waals surface area contributed by atoms with Gasteiger partial charge in [-0.3, -0.25) is 9.69 Å². The number of amides is 3. The quantitative estimate of drug-likeness (QED) is 0.689. The zero-order valence-electron chi connectivity index (χ0n) is 14.9. The number of rotatable bonds is 8. The molecule has 1 aromatic heterocycles. The molecule has 0 bridgehead atoms. The monoisotopic (exact) mass is 376 g/mol. The molecule has 2 aromatic rings. The second kappa shape index (κ2) is 7.89. The van der Waals surface area contributed by atoms with Gasteiger partial charge in [0.1, 0.15) is 23.7 Å². The third-order valence-electron chi connectivity index (χ3n) is 4.57. The van der Waals surface area contributed by atoms with Crippen molar-refractivity contribution in [2.75, 3.05) is 13.2 Å². The highest BCUT2D eigenvalue weighted by atomic mass is 19.1. The minimum absolute atomic E-state index is 0.0621. The number of aliphatic hydroxyl groups is 1. The Bertz CT molecular complexity index is 793. The van der Waals surface area contributed by atoms with Gasteiger partial charge in [-0.2, -0.15) is 0 Å². The van der Waals surface area contributed by atoms with Crippen LogP contribution in [0.1, 0.15) is 24.7 Å². The van der Waals surface area contributed by atoms with Crippen molar-refractivity contribution >= 4 is 11.9 Å². The lowest BCUT2D eigenvalue weighted by Crippen LogP contribution is -2.44. The topological polar surface area (TPSA) is 92.0 Å². The van der Waals surface area contributed by atoms with Gasteiger partial charge >= 0.3 is 6.03 Å². The number of aliphatic hydroxyl groups excluding tert-OH is 1. The van der Waals surface area contributed by atoms with E-state index in [-0.39, 0.29) is 19.8 Å². The minimum atomic E-state index is -1.26. The van der Waals surface area contributed by atoms with Crippen LogP contribution < -0.4 is 5.32 Å². The van der Waals surface area contributed by atoms with Crippen molar-refractivity contribution in [2.24, 2.45) is 0 Å². The Morgan fingerprint density at radius 1 is 1.30 bits per heavy atom. The Balaban J connectivity index is 1.64. The number of halogens is 1. The molecule has 2 unspecified atom stereocenters. The molecule has 0 saturated carbocycles. The maximum Gasteiger partial charge on any atom is 0.325 e. The summed E-state index contributed by atoms with van der Waals surface area (Å²) >= 11 is 0. The smallest absolute Gasteiger partial charge is 0.325 e. The predicted molar refractivity (Wildman–Crippen MR) is 93.0 cm³/mol. The van der Waals surface area contributed by atoms with Gasteiger partial charge in [-0.1, -0.05) is 19.1 Å². The van der Waals surface area contributed by atoms with Crippen LogP contribution in [0.5, 0.6) is 0 Å². The van der Waals surface area contributed by atoms with E-state index in [1.165, 1.54) is 30.5 Å². The SMILES string of the molecule is CCC1(c2ccc(F)cc2)NC(=O)N(CC(O)COCc2ccco2)C1=O. The zero-order valence-corrected chi connectivity index (χ0v) is 14.9. The molecule has 1 aliphatic heterocycles. The number of β-amino-alcohol motifs (C(OH)–C–C–N with tert-alkyl or cyclic N) is 1. The van der Waals surface area contributed by atoms with Gasteiger partial charge in [-0.25, -0.2) is 9.18 Å². The van der Waals surface area contributed by atoms with Crippen molar-refractivity contribution in [1.29, 1.82) is 0 Å². The third kappa shape index (κ3) is 3.86. The molecular formula is C19H21FN2O5. The molecule has 1 saturated heterocycles. The van der Waals surface area contributed by atoms with Gasteiger partial charge < -0.3 is 19.6 Å². The van der Waals surface area contributed by atoms with Gasteiger partial charge in [0.2, 0.25) is 0 Å². The summed E-state index contributed by atoms with van der Waals surface area (Å²) in [6.07, 6.45) is 0.767. The molecule has 0 spiro atoms. The first kappa shape index (κ1) is 19.1. The van der Waals surface area contributed by atoms with E-state index in [1.54, 1.807) is 19.1 Å². The van der Waals surface area contributed by atoms with Crippen molar-refractivity contribution in [3.05, 3.63) is 59.8 Å². The zero-order chi connectivity index (χ0) is 19.4. The highest BCUT2D eigenvalue weighted by Crippen LogP contribution is 2.32. The molecule has 2 heterocycles. The lowest BCUT2D eigenvalue weighted by Gasteiger charge is -2.26. The van der Waals surface area contributed by atoms with Crippen molar-refractivity contribution < 1.29 is 28.2 Å². The van der Waals surface area contributed by atoms with Gasteiger partial charge in [0.05, 0.1) is 25.5 Å². The van der Waals surface area contributed by atoms with Crippen molar-refractivity contribution in [3.8, 4) is 0 Å². The number of ether oxygens (including phenoxy) is 1. The summed E-state index contributed by atoms with van der Waals surface area (Å²) in [4.78, 5) is 26.2.